The number of carbonyl (C=O) groups excluding carboxylic acids is 2. The number of piperidine rings is 1. The highest BCUT2D eigenvalue weighted by molar-refractivity contribution is 7.17. The van der Waals surface area contributed by atoms with E-state index in [1.807, 2.05) is 11.8 Å². The standard InChI is InChI=1S/C20H26ClN5O4S/c1-5-11-15(19(28)30-7-3)31-20(24-11)26-9-8-13(14(10-26)29-4)23-18(27)17-22-12(6-2)16(21)25-17/h5,13-14H,1,6-10H2,2-4H3,(H,22,25)(H,23,27). The lowest BCUT2D eigenvalue weighted by Gasteiger charge is -2.37. The number of amides is 1. The van der Waals surface area contributed by atoms with E-state index in [0.717, 1.165) is 5.69 Å². The summed E-state index contributed by atoms with van der Waals surface area (Å²) in [7, 11) is 1.60. The van der Waals surface area contributed by atoms with E-state index < -0.39 is 5.97 Å². The van der Waals surface area contributed by atoms with Crippen LogP contribution in [0, 0.1) is 0 Å². The Balaban J connectivity index is 1.70. The predicted molar refractivity (Wildman–Crippen MR) is 120 cm³/mol. The van der Waals surface area contributed by atoms with E-state index in [4.69, 9.17) is 21.1 Å². The molecule has 2 atom stereocenters. The topological polar surface area (TPSA) is 109 Å². The van der Waals surface area contributed by atoms with Crippen LogP contribution < -0.4 is 10.2 Å². The number of ether oxygens (including phenoxy) is 2. The van der Waals surface area contributed by atoms with Crippen molar-refractivity contribution in [1.82, 2.24) is 20.3 Å². The average Bonchev–Trinajstić information content (AvgIpc) is 3.37. The summed E-state index contributed by atoms with van der Waals surface area (Å²) < 4.78 is 10.8. The van der Waals surface area contributed by atoms with Crippen LogP contribution in [-0.2, 0) is 15.9 Å². The molecule has 0 aromatic carbocycles. The fraction of sp³-hybridized carbons (Fsp3) is 0.500. The molecule has 11 heteroatoms. The van der Waals surface area contributed by atoms with Gasteiger partial charge in [0.2, 0.25) is 0 Å². The Kier molecular flexibility index (Phi) is 7.69. The van der Waals surface area contributed by atoms with Crippen molar-refractivity contribution in [2.45, 2.75) is 38.8 Å². The fourth-order valence-corrected chi connectivity index (χ4v) is 4.66. The zero-order valence-electron chi connectivity index (χ0n) is 17.7. The summed E-state index contributed by atoms with van der Waals surface area (Å²) >= 11 is 7.31. The van der Waals surface area contributed by atoms with Gasteiger partial charge in [-0.25, -0.2) is 14.8 Å². The van der Waals surface area contributed by atoms with Crippen LogP contribution in [0.2, 0.25) is 5.15 Å². The number of thiazole rings is 1. The number of H-pyrrole nitrogens is 1. The molecule has 0 aliphatic carbocycles. The summed E-state index contributed by atoms with van der Waals surface area (Å²) in [6.45, 7) is 8.86. The van der Waals surface area contributed by atoms with E-state index in [9.17, 15) is 9.59 Å². The second-order valence-corrected chi connectivity index (χ2v) is 8.27. The number of esters is 1. The average molecular weight is 468 g/mol. The molecule has 1 saturated heterocycles. The van der Waals surface area contributed by atoms with Crippen LogP contribution in [0.25, 0.3) is 6.08 Å². The second-order valence-electron chi connectivity index (χ2n) is 6.93. The molecule has 3 heterocycles. The number of imidazole rings is 1. The second kappa shape index (κ2) is 10.3. The van der Waals surface area contributed by atoms with Gasteiger partial charge < -0.3 is 24.7 Å². The lowest BCUT2D eigenvalue weighted by molar-refractivity contribution is 0.0530. The van der Waals surface area contributed by atoms with E-state index in [1.165, 1.54) is 11.3 Å². The Hall–Kier alpha value is -2.43. The minimum atomic E-state index is -0.407. The van der Waals surface area contributed by atoms with Crippen LogP contribution in [-0.4, -0.2) is 65.8 Å². The summed E-state index contributed by atoms with van der Waals surface area (Å²) in [4.78, 5) is 38.9. The Labute approximate surface area is 189 Å². The maximum atomic E-state index is 12.6. The van der Waals surface area contributed by atoms with Gasteiger partial charge in [-0.1, -0.05) is 36.4 Å². The molecular weight excluding hydrogens is 442 g/mol. The number of anilines is 1. The third-order valence-corrected chi connectivity index (χ3v) is 6.47. The van der Waals surface area contributed by atoms with Gasteiger partial charge in [0, 0.05) is 20.2 Å². The number of aromatic nitrogens is 3. The van der Waals surface area contributed by atoms with Crippen LogP contribution in [0.5, 0.6) is 0 Å². The molecule has 2 aromatic rings. The maximum Gasteiger partial charge on any atom is 0.350 e. The van der Waals surface area contributed by atoms with E-state index in [0.29, 0.717) is 53.4 Å². The van der Waals surface area contributed by atoms with Crippen molar-refractivity contribution in [2.75, 3.05) is 31.7 Å². The molecule has 9 nitrogen and oxygen atoms in total. The first kappa shape index (κ1) is 23.2. The quantitative estimate of drug-likeness (QED) is 0.574. The van der Waals surface area contributed by atoms with Gasteiger partial charge in [0.25, 0.3) is 5.91 Å². The molecule has 3 rings (SSSR count). The molecular formula is C20H26ClN5O4S. The molecule has 1 fully saturated rings. The van der Waals surface area contributed by atoms with Gasteiger partial charge in [0.05, 0.1) is 30.1 Å². The van der Waals surface area contributed by atoms with Gasteiger partial charge in [0.1, 0.15) is 4.88 Å². The maximum absolute atomic E-state index is 12.6. The third kappa shape index (κ3) is 5.08. The Morgan fingerprint density at radius 3 is 2.81 bits per heavy atom. The lowest BCUT2D eigenvalue weighted by atomic mass is 10.0. The number of carbonyl (C=O) groups is 2. The van der Waals surface area contributed by atoms with Crippen LogP contribution >= 0.6 is 22.9 Å². The summed E-state index contributed by atoms with van der Waals surface area (Å²) in [6.07, 6.45) is 2.58. The minimum Gasteiger partial charge on any atom is -0.462 e. The number of halogens is 1. The largest absolute Gasteiger partial charge is 0.462 e. The summed E-state index contributed by atoms with van der Waals surface area (Å²) in [5.41, 5.74) is 1.23. The summed E-state index contributed by atoms with van der Waals surface area (Å²) in [6, 6.07) is -0.203. The SMILES string of the molecule is C=Cc1nc(N2CCC(NC(=O)c3nc(Cl)c(CC)[nH]3)C(OC)C2)sc1C(=O)OCC. The van der Waals surface area contributed by atoms with Crippen molar-refractivity contribution in [3.05, 3.63) is 33.8 Å². The molecule has 2 aromatic heterocycles. The van der Waals surface area contributed by atoms with E-state index in [-0.39, 0.29) is 23.9 Å². The van der Waals surface area contributed by atoms with Crippen LogP contribution in [0.1, 0.15) is 51.9 Å². The van der Waals surface area contributed by atoms with Crippen LogP contribution in [0.4, 0.5) is 5.13 Å². The number of aryl methyl sites for hydroxylation is 1. The number of nitrogens with zero attached hydrogens (tertiary/aromatic N) is 3. The Bertz CT molecular complexity index is 960. The molecule has 0 saturated carbocycles. The number of rotatable bonds is 8. The van der Waals surface area contributed by atoms with Crippen LogP contribution in [0.15, 0.2) is 6.58 Å². The zero-order valence-corrected chi connectivity index (χ0v) is 19.3. The summed E-state index contributed by atoms with van der Waals surface area (Å²) in [5, 5.41) is 3.99. The highest BCUT2D eigenvalue weighted by Gasteiger charge is 2.33. The van der Waals surface area contributed by atoms with Crippen molar-refractivity contribution >= 4 is 46.0 Å². The fourth-order valence-electron chi connectivity index (χ4n) is 3.40. The number of hydrogen-bond donors (Lipinski definition) is 2. The van der Waals surface area contributed by atoms with Gasteiger partial charge in [-0.05, 0) is 25.8 Å². The molecule has 31 heavy (non-hydrogen) atoms. The van der Waals surface area contributed by atoms with Crippen molar-refractivity contribution in [3.63, 3.8) is 0 Å². The first-order valence-corrected chi connectivity index (χ1v) is 11.2. The predicted octanol–water partition coefficient (Wildman–Crippen LogP) is 2.93. The van der Waals surface area contributed by atoms with Crippen molar-refractivity contribution < 1.29 is 19.1 Å². The van der Waals surface area contributed by atoms with Gasteiger partial charge in [-0.15, -0.1) is 0 Å². The lowest BCUT2D eigenvalue weighted by Crippen LogP contribution is -2.55. The van der Waals surface area contributed by atoms with Crippen molar-refractivity contribution in [1.29, 1.82) is 0 Å². The molecule has 1 aliphatic heterocycles. The number of methoxy groups -OCH3 is 1. The van der Waals surface area contributed by atoms with Crippen molar-refractivity contribution in [3.8, 4) is 0 Å². The van der Waals surface area contributed by atoms with Gasteiger partial charge in [0.15, 0.2) is 16.1 Å². The van der Waals surface area contributed by atoms with E-state index in [1.54, 1.807) is 20.1 Å². The minimum absolute atomic E-state index is 0.189. The van der Waals surface area contributed by atoms with Gasteiger partial charge >= 0.3 is 5.97 Å². The first-order valence-electron chi connectivity index (χ1n) is 10.0. The Morgan fingerprint density at radius 2 is 2.19 bits per heavy atom. The molecule has 2 N–H and O–H groups in total. The van der Waals surface area contributed by atoms with Gasteiger partial charge in [-0.3, -0.25) is 4.79 Å². The van der Waals surface area contributed by atoms with E-state index >= 15 is 0 Å². The molecule has 2 unspecified atom stereocenters. The third-order valence-electron chi connectivity index (χ3n) is 5.04. The number of nitrogens with one attached hydrogen (secondary N) is 2. The smallest absolute Gasteiger partial charge is 0.350 e. The molecule has 168 valence electrons. The number of aromatic amines is 1. The van der Waals surface area contributed by atoms with Gasteiger partial charge in [-0.2, -0.15) is 0 Å². The molecule has 1 amide bonds. The normalized spacial score (nSPS) is 18.6. The first-order chi connectivity index (χ1) is 14.9. The number of hydrogen-bond acceptors (Lipinski definition) is 8. The summed E-state index contributed by atoms with van der Waals surface area (Å²) in [5.74, 6) is -0.543. The Morgan fingerprint density at radius 1 is 1.42 bits per heavy atom. The highest BCUT2D eigenvalue weighted by atomic mass is 35.5. The molecule has 0 spiro atoms. The molecule has 0 bridgehead atoms. The monoisotopic (exact) mass is 467 g/mol. The molecule has 0 radical (unpaired) electrons. The zero-order chi connectivity index (χ0) is 22.5. The van der Waals surface area contributed by atoms with Crippen LogP contribution in [0.3, 0.4) is 0 Å². The highest BCUT2D eigenvalue weighted by Crippen LogP contribution is 2.30. The van der Waals surface area contributed by atoms with E-state index in [2.05, 4.69) is 26.8 Å². The van der Waals surface area contributed by atoms with Crippen molar-refractivity contribution in [2.24, 2.45) is 0 Å². The molecule has 1 aliphatic rings.